The Labute approximate surface area is 167 Å². The Balaban J connectivity index is 1.42. The highest BCUT2D eigenvalue weighted by Crippen LogP contribution is 2.34. The van der Waals surface area contributed by atoms with E-state index in [-0.39, 0.29) is 17.7 Å². The molecule has 0 saturated carbocycles. The summed E-state index contributed by atoms with van der Waals surface area (Å²) < 4.78 is 44.3. The molecule has 2 atom stereocenters. The largest absolute Gasteiger partial charge is 0.457 e. The molecule has 2 aromatic rings. The summed E-state index contributed by atoms with van der Waals surface area (Å²) >= 11 is 0. The van der Waals surface area contributed by atoms with Crippen LogP contribution in [0, 0.1) is 5.92 Å². The second-order valence-corrected chi connectivity index (χ2v) is 7.84. The number of likely N-dealkylation sites (N-methyl/N-ethyl adjacent to an activating group) is 1. The molecule has 1 amide bonds. The third-order valence-corrected chi connectivity index (χ3v) is 5.83. The topological polar surface area (TPSA) is 32.8 Å². The van der Waals surface area contributed by atoms with Crippen molar-refractivity contribution in [2.24, 2.45) is 5.92 Å². The predicted octanol–water partition coefficient (Wildman–Crippen LogP) is 4.55. The molecule has 0 N–H and O–H groups in total. The van der Waals surface area contributed by atoms with Gasteiger partial charge < -0.3 is 9.64 Å². The molecule has 0 bridgehead atoms. The van der Waals surface area contributed by atoms with Crippen LogP contribution in [0.25, 0.3) is 0 Å². The van der Waals surface area contributed by atoms with E-state index in [1.807, 2.05) is 30.1 Å². The molecule has 154 valence electrons. The maximum Gasteiger partial charge on any atom is 0.416 e. The number of likely N-dealkylation sites (tertiary alicyclic amines) is 2. The van der Waals surface area contributed by atoms with Crippen LogP contribution in [-0.2, 0) is 17.5 Å². The van der Waals surface area contributed by atoms with Crippen molar-refractivity contribution >= 4 is 5.91 Å². The van der Waals surface area contributed by atoms with Gasteiger partial charge in [0.05, 0.1) is 5.56 Å². The summed E-state index contributed by atoms with van der Waals surface area (Å²) in [6.07, 6.45) is -2.75. The van der Waals surface area contributed by atoms with Crippen molar-refractivity contribution in [1.29, 1.82) is 0 Å². The summed E-state index contributed by atoms with van der Waals surface area (Å²) in [6, 6.07) is 12.6. The van der Waals surface area contributed by atoms with Crippen LogP contribution in [0.4, 0.5) is 13.2 Å². The van der Waals surface area contributed by atoms with Crippen LogP contribution in [0.1, 0.15) is 24.0 Å². The molecule has 0 unspecified atom stereocenters. The number of hydrogen-bond donors (Lipinski definition) is 0. The SMILES string of the molecule is CN1C(=O)C[C@H]2CCN(Cc3cccc(Oc4cccc(C(F)(F)F)c4)c3)C[C@H]21. The van der Waals surface area contributed by atoms with Gasteiger partial charge in [-0.05, 0) is 54.8 Å². The van der Waals surface area contributed by atoms with Gasteiger partial charge in [-0.3, -0.25) is 9.69 Å². The molecule has 2 saturated heterocycles. The molecular formula is C22H23F3N2O2. The molecule has 0 spiro atoms. The van der Waals surface area contributed by atoms with Crippen LogP contribution < -0.4 is 4.74 Å². The second kappa shape index (κ2) is 7.71. The Bertz CT molecular complexity index is 900. The summed E-state index contributed by atoms with van der Waals surface area (Å²) in [7, 11) is 1.88. The van der Waals surface area contributed by atoms with Gasteiger partial charge in [0.1, 0.15) is 11.5 Å². The van der Waals surface area contributed by atoms with Gasteiger partial charge in [0.2, 0.25) is 5.91 Å². The first-order valence-corrected chi connectivity index (χ1v) is 9.71. The van der Waals surface area contributed by atoms with Crippen molar-refractivity contribution in [2.75, 3.05) is 20.1 Å². The molecule has 4 rings (SSSR count). The number of nitrogens with zero attached hydrogens (tertiary/aromatic N) is 2. The monoisotopic (exact) mass is 404 g/mol. The summed E-state index contributed by atoms with van der Waals surface area (Å²) in [5, 5.41) is 0. The fourth-order valence-electron chi connectivity index (χ4n) is 4.26. The highest BCUT2D eigenvalue weighted by molar-refractivity contribution is 5.79. The fourth-order valence-corrected chi connectivity index (χ4v) is 4.26. The lowest BCUT2D eigenvalue weighted by Crippen LogP contribution is -2.47. The number of fused-ring (bicyclic) bond motifs is 1. The normalized spacial score (nSPS) is 22.6. The maximum absolute atomic E-state index is 12.9. The number of piperidine rings is 1. The molecule has 29 heavy (non-hydrogen) atoms. The first-order valence-electron chi connectivity index (χ1n) is 9.71. The van der Waals surface area contributed by atoms with Gasteiger partial charge in [0.25, 0.3) is 0 Å². The maximum atomic E-state index is 12.9. The molecule has 2 fully saturated rings. The van der Waals surface area contributed by atoms with Crippen LogP contribution in [-0.4, -0.2) is 41.9 Å². The Morgan fingerprint density at radius 2 is 1.83 bits per heavy atom. The lowest BCUT2D eigenvalue weighted by molar-refractivity contribution is -0.137. The third-order valence-electron chi connectivity index (χ3n) is 5.83. The van der Waals surface area contributed by atoms with Crippen LogP contribution >= 0.6 is 0 Å². The van der Waals surface area contributed by atoms with Crippen LogP contribution in [0.2, 0.25) is 0 Å². The number of halogens is 3. The zero-order valence-corrected chi connectivity index (χ0v) is 16.2. The van der Waals surface area contributed by atoms with Gasteiger partial charge in [-0.1, -0.05) is 18.2 Å². The van der Waals surface area contributed by atoms with E-state index >= 15 is 0 Å². The Morgan fingerprint density at radius 3 is 2.59 bits per heavy atom. The van der Waals surface area contributed by atoms with Crippen LogP contribution in [0.5, 0.6) is 11.5 Å². The average molecular weight is 404 g/mol. The van der Waals surface area contributed by atoms with Gasteiger partial charge in [0.15, 0.2) is 0 Å². The summed E-state index contributed by atoms with van der Waals surface area (Å²) in [4.78, 5) is 16.1. The van der Waals surface area contributed by atoms with Crippen molar-refractivity contribution in [3.8, 4) is 11.5 Å². The number of amides is 1. The van der Waals surface area contributed by atoms with Crippen molar-refractivity contribution in [1.82, 2.24) is 9.80 Å². The average Bonchev–Trinajstić information content (AvgIpc) is 2.96. The fraction of sp³-hybridized carbons (Fsp3) is 0.409. The zero-order valence-electron chi connectivity index (χ0n) is 16.2. The smallest absolute Gasteiger partial charge is 0.416 e. The molecule has 2 aliphatic heterocycles. The number of alkyl halides is 3. The number of ether oxygens (including phenoxy) is 1. The third kappa shape index (κ3) is 4.40. The first-order chi connectivity index (χ1) is 13.8. The van der Waals surface area contributed by atoms with E-state index < -0.39 is 11.7 Å². The van der Waals surface area contributed by atoms with Gasteiger partial charge in [-0.2, -0.15) is 13.2 Å². The quantitative estimate of drug-likeness (QED) is 0.750. The number of carbonyl (C=O) groups excluding carboxylic acids is 1. The standard InChI is InChI=1S/C22H23F3N2O2/c1-26-20-14-27(9-8-16(20)11-21(26)28)13-15-4-2-6-18(10-15)29-19-7-3-5-17(12-19)22(23,24)25/h2-7,10,12,16,20H,8-9,11,13-14H2,1H3/t16-,20-/m1/s1. The van der Waals surface area contributed by atoms with Gasteiger partial charge in [-0.25, -0.2) is 0 Å². The molecule has 4 nitrogen and oxygen atoms in total. The highest BCUT2D eigenvalue weighted by atomic mass is 19.4. The van der Waals surface area contributed by atoms with Crippen molar-refractivity contribution in [3.63, 3.8) is 0 Å². The number of benzene rings is 2. The van der Waals surface area contributed by atoms with E-state index in [9.17, 15) is 18.0 Å². The minimum atomic E-state index is -4.40. The van der Waals surface area contributed by atoms with E-state index in [0.717, 1.165) is 37.2 Å². The van der Waals surface area contributed by atoms with Gasteiger partial charge in [-0.15, -0.1) is 0 Å². The minimum Gasteiger partial charge on any atom is -0.457 e. The molecule has 2 aromatic carbocycles. The lowest BCUT2D eigenvalue weighted by Gasteiger charge is -2.37. The summed E-state index contributed by atoms with van der Waals surface area (Å²) in [6.45, 7) is 2.48. The van der Waals surface area contributed by atoms with E-state index in [4.69, 9.17) is 4.74 Å². The van der Waals surface area contributed by atoms with Crippen molar-refractivity contribution in [2.45, 2.75) is 31.6 Å². The number of carbonyl (C=O) groups is 1. The molecule has 2 aliphatic rings. The lowest BCUT2D eigenvalue weighted by atomic mass is 9.92. The Hall–Kier alpha value is -2.54. The first kappa shape index (κ1) is 19.8. The molecular weight excluding hydrogens is 381 g/mol. The van der Waals surface area contributed by atoms with E-state index in [2.05, 4.69) is 4.90 Å². The predicted molar refractivity (Wildman–Crippen MR) is 103 cm³/mol. The molecule has 0 aliphatic carbocycles. The highest BCUT2D eigenvalue weighted by Gasteiger charge is 2.40. The Morgan fingerprint density at radius 1 is 1.10 bits per heavy atom. The number of hydrogen-bond acceptors (Lipinski definition) is 3. The summed E-state index contributed by atoms with van der Waals surface area (Å²) in [5.41, 5.74) is 0.296. The van der Waals surface area contributed by atoms with Gasteiger partial charge >= 0.3 is 6.18 Å². The minimum absolute atomic E-state index is 0.156. The molecule has 0 radical (unpaired) electrons. The van der Waals surface area contributed by atoms with E-state index in [1.165, 1.54) is 12.1 Å². The van der Waals surface area contributed by atoms with Crippen LogP contribution in [0.15, 0.2) is 48.5 Å². The zero-order chi connectivity index (χ0) is 20.6. The Kier molecular flexibility index (Phi) is 5.25. The van der Waals surface area contributed by atoms with Gasteiger partial charge in [0, 0.05) is 32.6 Å². The van der Waals surface area contributed by atoms with Crippen molar-refractivity contribution < 1.29 is 22.7 Å². The summed E-state index contributed by atoms with van der Waals surface area (Å²) in [5.74, 6) is 1.33. The molecule has 7 heteroatoms. The van der Waals surface area contributed by atoms with Crippen molar-refractivity contribution in [3.05, 3.63) is 59.7 Å². The van der Waals surface area contributed by atoms with Crippen LogP contribution in [0.3, 0.4) is 0 Å². The number of rotatable bonds is 4. The van der Waals surface area contributed by atoms with E-state index in [1.54, 1.807) is 6.07 Å². The molecule has 2 heterocycles. The molecule has 0 aromatic heterocycles. The van der Waals surface area contributed by atoms with E-state index in [0.29, 0.717) is 24.6 Å². The second-order valence-electron chi connectivity index (χ2n) is 7.84.